The molecule has 1 atom stereocenters. The second kappa shape index (κ2) is 8.92. The van der Waals surface area contributed by atoms with Gasteiger partial charge >= 0.3 is 6.01 Å². The highest BCUT2D eigenvalue weighted by atomic mass is 32.2. The first kappa shape index (κ1) is 16.0. The summed E-state index contributed by atoms with van der Waals surface area (Å²) in [7, 11) is 0. The average Bonchev–Trinajstić information content (AvgIpc) is 2.36. The third-order valence-electron chi connectivity index (χ3n) is 2.21. The van der Waals surface area contributed by atoms with E-state index in [-0.39, 0.29) is 11.9 Å². The molecule has 0 aliphatic rings. The Morgan fingerprint density at radius 3 is 2.74 bits per heavy atom. The van der Waals surface area contributed by atoms with Crippen LogP contribution in [0.2, 0.25) is 0 Å². The Labute approximate surface area is 118 Å². The molecule has 7 heteroatoms. The zero-order valence-electron chi connectivity index (χ0n) is 11.7. The highest BCUT2D eigenvalue weighted by Gasteiger charge is 2.11. The third kappa shape index (κ3) is 6.07. The van der Waals surface area contributed by atoms with Crippen LogP contribution in [0.5, 0.6) is 6.01 Å². The van der Waals surface area contributed by atoms with Gasteiger partial charge in [0.1, 0.15) is 0 Å². The predicted octanol–water partition coefficient (Wildman–Crippen LogP) is 1.96. The van der Waals surface area contributed by atoms with Crippen LogP contribution in [-0.4, -0.2) is 45.1 Å². The molecule has 0 spiro atoms. The van der Waals surface area contributed by atoms with Gasteiger partial charge in [0.05, 0.1) is 6.61 Å². The fourth-order valence-corrected chi connectivity index (χ4v) is 2.16. The molecule has 1 unspecified atom stereocenters. The van der Waals surface area contributed by atoms with Gasteiger partial charge in [0.15, 0.2) is 5.16 Å². The molecule has 0 saturated heterocycles. The third-order valence-corrected chi connectivity index (χ3v) is 3.24. The maximum atomic E-state index is 8.92. The summed E-state index contributed by atoms with van der Waals surface area (Å²) >= 11 is 1.51. The Kier molecular flexibility index (Phi) is 7.50. The normalized spacial score (nSPS) is 12.2. The Bertz CT molecular complexity index is 379. The summed E-state index contributed by atoms with van der Waals surface area (Å²) in [5, 5.41) is 12.9. The number of ether oxygens (including phenoxy) is 1. The van der Waals surface area contributed by atoms with E-state index >= 15 is 0 Å². The Morgan fingerprint density at radius 2 is 2.11 bits per heavy atom. The van der Waals surface area contributed by atoms with E-state index in [0.29, 0.717) is 30.1 Å². The summed E-state index contributed by atoms with van der Waals surface area (Å²) in [4.78, 5) is 12.8. The van der Waals surface area contributed by atoms with E-state index in [1.54, 1.807) is 0 Å². The Morgan fingerprint density at radius 1 is 1.32 bits per heavy atom. The molecule has 0 aliphatic heterocycles. The lowest BCUT2D eigenvalue weighted by Gasteiger charge is -2.11. The first-order valence-electron chi connectivity index (χ1n) is 6.59. The predicted molar refractivity (Wildman–Crippen MR) is 76.8 cm³/mol. The van der Waals surface area contributed by atoms with Gasteiger partial charge in [-0.05, 0) is 19.8 Å². The van der Waals surface area contributed by atoms with Gasteiger partial charge in [-0.3, -0.25) is 0 Å². The fourth-order valence-electron chi connectivity index (χ4n) is 1.31. The maximum Gasteiger partial charge on any atom is 0.322 e. The van der Waals surface area contributed by atoms with E-state index in [1.807, 2.05) is 20.8 Å². The highest BCUT2D eigenvalue weighted by Crippen LogP contribution is 2.23. The van der Waals surface area contributed by atoms with Gasteiger partial charge in [0, 0.05) is 18.4 Å². The zero-order chi connectivity index (χ0) is 14.1. The van der Waals surface area contributed by atoms with E-state index in [4.69, 9.17) is 9.84 Å². The number of rotatable bonds is 9. The van der Waals surface area contributed by atoms with Crippen molar-refractivity contribution in [3.63, 3.8) is 0 Å². The molecule has 6 nitrogen and oxygen atoms in total. The van der Waals surface area contributed by atoms with Crippen molar-refractivity contribution in [2.45, 2.75) is 44.0 Å². The Balaban J connectivity index is 2.79. The van der Waals surface area contributed by atoms with E-state index in [9.17, 15) is 0 Å². The van der Waals surface area contributed by atoms with Crippen molar-refractivity contribution >= 4 is 17.7 Å². The highest BCUT2D eigenvalue weighted by molar-refractivity contribution is 7.99. The largest absolute Gasteiger partial charge is 0.463 e. The summed E-state index contributed by atoms with van der Waals surface area (Å²) in [5.41, 5.74) is 0. The van der Waals surface area contributed by atoms with Crippen LogP contribution in [-0.2, 0) is 0 Å². The topological polar surface area (TPSA) is 80.2 Å². The van der Waals surface area contributed by atoms with Crippen molar-refractivity contribution < 1.29 is 9.84 Å². The minimum atomic E-state index is 0.165. The molecule has 1 aromatic rings. The molecule has 0 bridgehead atoms. The lowest BCUT2D eigenvalue weighted by atomic mass is 10.4. The molecule has 0 saturated carbocycles. The van der Waals surface area contributed by atoms with Crippen LogP contribution in [0.4, 0.5) is 5.95 Å². The molecule has 108 valence electrons. The van der Waals surface area contributed by atoms with Crippen LogP contribution in [0.3, 0.4) is 0 Å². The van der Waals surface area contributed by atoms with Crippen molar-refractivity contribution in [1.82, 2.24) is 15.0 Å². The van der Waals surface area contributed by atoms with E-state index in [0.717, 1.165) is 13.0 Å². The molecule has 19 heavy (non-hydrogen) atoms. The lowest BCUT2D eigenvalue weighted by molar-refractivity contribution is 0.287. The first-order valence-corrected chi connectivity index (χ1v) is 7.47. The number of aromatic nitrogens is 3. The van der Waals surface area contributed by atoms with Gasteiger partial charge in [-0.25, -0.2) is 0 Å². The summed E-state index contributed by atoms with van der Waals surface area (Å²) in [5.74, 6) is 0.530. The van der Waals surface area contributed by atoms with Crippen LogP contribution < -0.4 is 10.1 Å². The number of hydrogen-bond acceptors (Lipinski definition) is 7. The molecular formula is C12H22N4O2S. The fraction of sp³-hybridized carbons (Fsp3) is 0.750. The lowest BCUT2D eigenvalue weighted by Crippen LogP contribution is -2.09. The Hall–Kier alpha value is -1.08. The molecule has 2 N–H and O–H groups in total. The molecule has 0 radical (unpaired) electrons. The van der Waals surface area contributed by atoms with Crippen LogP contribution in [0, 0.1) is 0 Å². The van der Waals surface area contributed by atoms with Gasteiger partial charge in [0.25, 0.3) is 0 Å². The first-order chi connectivity index (χ1) is 9.19. The number of hydrogen-bond donors (Lipinski definition) is 2. The van der Waals surface area contributed by atoms with Crippen molar-refractivity contribution in [3.05, 3.63) is 0 Å². The van der Waals surface area contributed by atoms with Crippen molar-refractivity contribution in [2.24, 2.45) is 0 Å². The molecule has 1 rings (SSSR count). The van der Waals surface area contributed by atoms with Crippen molar-refractivity contribution in [2.75, 3.05) is 25.1 Å². The smallest absolute Gasteiger partial charge is 0.322 e. The SMILES string of the molecule is CCCOc1nc(NCC)nc(SC(C)CCO)n1. The molecule has 0 aromatic carbocycles. The minimum Gasteiger partial charge on any atom is -0.463 e. The van der Waals surface area contributed by atoms with Gasteiger partial charge in [0.2, 0.25) is 5.95 Å². The molecule has 0 aliphatic carbocycles. The summed E-state index contributed by atoms with van der Waals surface area (Å²) in [6.45, 7) is 7.55. The standard InChI is InChI=1S/C12H22N4O2S/c1-4-8-18-11-14-10(13-5-2)15-12(16-11)19-9(3)6-7-17/h9,17H,4-8H2,1-3H3,(H,13,14,15,16). The van der Waals surface area contributed by atoms with Crippen molar-refractivity contribution in [1.29, 1.82) is 0 Å². The number of thioether (sulfide) groups is 1. The number of aliphatic hydroxyl groups excluding tert-OH is 1. The molecule has 1 heterocycles. The monoisotopic (exact) mass is 286 g/mol. The maximum absolute atomic E-state index is 8.92. The van der Waals surface area contributed by atoms with Crippen LogP contribution in [0.1, 0.15) is 33.6 Å². The van der Waals surface area contributed by atoms with E-state index in [2.05, 4.69) is 20.3 Å². The van der Waals surface area contributed by atoms with E-state index in [1.165, 1.54) is 11.8 Å². The number of nitrogens with one attached hydrogen (secondary N) is 1. The second-order valence-electron chi connectivity index (χ2n) is 4.04. The van der Waals surface area contributed by atoms with Gasteiger partial charge in [-0.1, -0.05) is 25.6 Å². The number of nitrogens with zero attached hydrogens (tertiary/aromatic N) is 3. The molecule has 0 amide bonds. The molecular weight excluding hydrogens is 264 g/mol. The minimum absolute atomic E-state index is 0.165. The molecule has 0 fully saturated rings. The summed E-state index contributed by atoms with van der Waals surface area (Å²) in [6.07, 6.45) is 1.61. The van der Waals surface area contributed by atoms with Gasteiger partial charge < -0.3 is 15.2 Å². The van der Waals surface area contributed by atoms with Crippen LogP contribution in [0.15, 0.2) is 5.16 Å². The summed E-state index contributed by atoms with van der Waals surface area (Å²) < 4.78 is 5.46. The van der Waals surface area contributed by atoms with Crippen molar-refractivity contribution in [3.8, 4) is 6.01 Å². The molecule has 1 aromatic heterocycles. The number of anilines is 1. The van der Waals surface area contributed by atoms with Crippen LogP contribution in [0.25, 0.3) is 0 Å². The van der Waals surface area contributed by atoms with Gasteiger partial charge in [-0.15, -0.1) is 0 Å². The quantitative estimate of drug-likeness (QED) is 0.672. The van der Waals surface area contributed by atoms with Gasteiger partial charge in [-0.2, -0.15) is 15.0 Å². The van der Waals surface area contributed by atoms with Crippen LogP contribution >= 0.6 is 11.8 Å². The zero-order valence-corrected chi connectivity index (χ0v) is 12.5. The summed E-state index contributed by atoms with van der Waals surface area (Å²) in [6, 6.07) is 0.353. The number of aliphatic hydroxyl groups is 1. The average molecular weight is 286 g/mol. The van der Waals surface area contributed by atoms with E-state index < -0.39 is 0 Å². The second-order valence-corrected chi connectivity index (χ2v) is 5.45.